The van der Waals surface area contributed by atoms with Crippen molar-refractivity contribution in [2.45, 2.75) is 25.3 Å². The average molecular weight is 335 g/mol. The van der Waals surface area contributed by atoms with E-state index in [-0.39, 0.29) is 18.5 Å². The van der Waals surface area contributed by atoms with Gasteiger partial charge < -0.3 is 0 Å². The summed E-state index contributed by atoms with van der Waals surface area (Å²) in [6, 6.07) is 4.69. The summed E-state index contributed by atoms with van der Waals surface area (Å²) in [5.74, 6) is -2.57. The fraction of sp³-hybridized carbons (Fsp3) is 0.500. The molecule has 0 N–H and O–H groups in total. The number of non-ortho nitro benzene ring substituents is 1. The molecule has 0 aromatic heterocycles. The predicted octanol–water partition coefficient (Wildman–Crippen LogP) is 3.59. The van der Waals surface area contributed by atoms with Crippen LogP contribution in [-0.2, 0) is 6.54 Å². The van der Waals surface area contributed by atoms with Gasteiger partial charge in [-0.25, -0.2) is 8.78 Å². The van der Waals surface area contributed by atoms with E-state index in [1.165, 1.54) is 12.1 Å². The number of piperidine rings is 1. The number of nitro benzene ring substituents is 1. The maximum absolute atomic E-state index is 13.0. The highest BCUT2D eigenvalue weighted by Crippen LogP contribution is 2.29. The lowest BCUT2D eigenvalue weighted by Crippen LogP contribution is -2.38. The molecule has 104 valence electrons. The smallest absolute Gasteiger partial charge is 0.270 e. The Kier molecular flexibility index (Phi) is 4.15. The van der Waals surface area contributed by atoms with Crippen LogP contribution in [0.2, 0.25) is 0 Å². The molecule has 0 unspecified atom stereocenters. The fourth-order valence-corrected chi connectivity index (χ4v) is 2.66. The molecular weight excluding hydrogens is 322 g/mol. The molecule has 1 fully saturated rings. The number of alkyl halides is 2. The molecular formula is C12H13BrF2N2O2. The molecule has 1 heterocycles. The summed E-state index contributed by atoms with van der Waals surface area (Å²) in [6.07, 6.45) is -0.299. The Balaban J connectivity index is 2.05. The van der Waals surface area contributed by atoms with Crippen molar-refractivity contribution in [3.63, 3.8) is 0 Å². The number of rotatable bonds is 3. The molecule has 0 amide bonds. The van der Waals surface area contributed by atoms with Gasteiger partial charge in [0.05, 0.1) is 4.92 Å². The van der Waals surface area contributed by atoms with E-state index in [1.54, 1.807) is 6.07 Å². The van der Waals surface area contributed by atoms with Gasteiger partial charge in [-0.05, 0) is 11.6 Å². The molecule has 0 radical (unpaired) electrons. The maximum atomic E-state index is 13.0. The van der Waals surface area contributed by atoms with Crippen molar-refractivity contribution < 1.29 is 13.7 Å². The van der Waals surface area contributed by atoms with E-state index >= 15 is 0 Å². The van der Waals surface area contributed by atoms with E-state index in [2.05, 4.69) is 15.9 Å². The fourth-order valence-electron chi connectivity index (χ4n) is 2.13. The average Bonchev–Trinajstić information content (AvgIpc) is 2.31. The Labute approximate surface area is 117 Å². The third kappa shape index (κ3) is 3.94. The van der Waals surface area contributed by atoms with Crippen molar-refractivity contribution in [3.05, 3.63) is 38.3 Å². The van der Waals surface area contributed by atoms with E-state index < -0.39 is 10.8 Å². The summed E-state index contributed by atoms with van der Waals surface area (Å²) in [5.41, 5.74) is 0.762. The lowest BCUT2D eigenvalue weighted by molar-refractivity contribution is -0.385. The molecule has 0 saturated carbocycles. The van der Waals surface area contributed by atoms with E-state index in [9.17, 15) is 18.9 Å². The van der Waals surface area contributed by atoms with Crippen LogP contribution in [0.25, 0.3) is 0 Å². The number of nitrogens with zero attached hydrogens (tertiary/aromatic N) is 2. The molecule has 4 nitrogen and oxygen atoms in total. The highest BCUT2D eigenvalue weighted by Gasteiger charge is 2.33. The van der Waals surface area contributed by atoms with Crippen LogP contribution in [0.4, 0.5) is 14.5 Å². The molecule has 1 aliphatic rings. The maximum Gasteiger partial charge on any atom is 0.270 e. The topological polar surface area (TPSA) is 46.4 Å². The van der Waals surface area contributed by atoms with Crippen molar-refractivity contribution in [1.82, 2.24) is 4.90 Å². The van der Waals surface area contributed by atoms with Gasteiger partial charge in [-0.2, -0.15) is 0 Å². The Morgan fingerprint density at radius 1 is 1.32 bits per heavy atom. The molecule has 0 bridgehead atoms. The number of benzene rings is 1. The Bertz CT molecular complexity index is 487. The van der Waals surface area contributed by atoms with Crippen LogP contribution in [-0.4, -0.2) is 28.8 Å². The first-order valence-electron chi connectivity index (χ1n) is 5.90. The number of hydrogen-bond donors (Lipinski definition) is 0. The van der Waals surface area contributed by atoms with E-state index in [1.807, 2.05) is 4.90 Å². The number of hydrogen-bond acceptors (Lipinski definition) is 3. The molecule has 0 aliphatic carbocycles. The summed E-state index contributed by atoms with van der Waals surface area (Å²) < 4.78 is 26.7. The van der Waals surface area contributed by atoms with Crippen LogP contribution in [0.15, 0.2) is 22.7 Å². The van der Waals surface area contributed by atoms with Gasteiger partial charge in [0, 0.05) is 49.1 Å². The SMILES string of the molecule is O=[N+]([O-])c1cc(Br)cc(CN2CCC(F)(F)CC2)c1. The molecule has 1 aromatic carbocycles. The zero-order valence-electron chi connectivity index (χ0n) is 10.1. The van der Waals surface area contributed by atoms with Crippen LogP contribution < -0.4 is 0 Å². The first kappa shape index (κ1) is 14.3. The molecule has 1 aromatic rings. The molecule has 7 heteroatoms. The largest absolute Gasteiger partial charge is 0.299 e. The molecule has 1 saturated heterocycles. The standard InChI is InChI=1S/C12H13BrF2N2O2/c13-10-5-9(6-11(7-10)17(18)19)8-16-3-1-12(14,15)2-4-16/h5-7H,1-4,8H2. The highest BCUT2D eigenvalue weighted by atomic mass is 79.9. The van der Waals surface area contributed by atoms with Gasteiger partial charge in [-0.1, -0.05) is 15.9 Å². The third-order valence-electron chi connectivity index (χ3n) is 3.15. The van der Waals surface area contributed by atoms with E-state index in [0.717, 1.165) is 5.56 Å². The van der Waals surface area contributed by atoms with Crippen LogP contribution in [0, 0.1) is 10.1 Å². The number of likely N-dealkylation sites (tertiary alicyclic amines) is 1. The Morgan fingerprint density at radius 2 is 1.95 bits per heavy atom. The minimum Gasteiger partial charge on any atom is -0.299 e. The lowest BCUT2D eigenvalue weighted by atomic mass is 10.1. The minimum atomic E-state index is -2.57. The second-order valence-corrected chi connectivity index (χ2v) is 5.62. The molecule has 0 spiro atoms. The second kappa shape index (κ2) is 5.50. The normalized spacial score (nSPS) is 19.3. The first-order valence-corrected chi connectivity index (χ1v) is 6.69. The zero-order valence-corrected chi connectivity index (χ0v) is 11.7. The van der Waals surface area contributed by atoms with Crippen LogP contribution in [0.5, 0.6) is 0 Å². The molecule has 0 atom stereocenters. The van der Waals surface area contributed by atoms with Crippen molar-refractivity contribution in [1.29, 1.82) is 0 Å². The molecule has 2 rings (SSSR count). The Morgan fingerprint density at radius 3 is 2.53 bits per heavy atom. The van der Waals surface area contributed by atoms with Gasteiger partial charge in [-0.3, -0.25) is 15.0 Å². The first-order chi connectivity index (χ1) is 8.85. The predicted molar refractivity (Wildman–Crippen MR) is 70.3 cm³/mol. The minimum absolute atomic E-state index is 0.00622. The second-order valence-electron chi connectivity index (χ2n) is 4.71. The van der Waals surface area contributed by atoms with Crippen molar-refractivity contribution in [2.75, 3.05) is 13.1 Å². The van der Waals surface area contributed by atoms with Gasteiger partial charge in [-0.15, -0.1) is 0 Å². The zero-order chi connectivity index (χ0) is 14.0. The summed E-state index contributed by atoms with van der Waals surface area (Å²) in [4.78, 5) is 12.2. The van der Waals surface area contributed by atoms with Gasteiger partial charge >= 0.3 is 0 Å². The van der Waals surface area contributed by atoms with Gasteiger partial charge in [0.1, 0.15) is 0 Å². The van der Waals surface area contributed by atoms with Crippen LogP contribution in [0.3, 0.4) is 0 Å². The quantitative estimate of drug-likeness (QED) is 0.626. The molecule has 1 aliphatic heterocycles. The lowest BCUT2D eigenvalue weighted by Gasteiger charge is -2.31. The summed E-state index contributed by atoms with van der Waals surface area (Å²) in [7, 11) is 0. The van der Waals surface area contributed by atoms with Gasteiger partial charge in [0.2, 0.25) is 0 Å². The number of nitro groups is 1. The van der Waals surface area contributed by atoms with Gasteiger partial charge in [0.25, 0.3) is 11.6 Å². The van der Waals surface area contributed by atoms with E-state index in [4.69, 9.17) is 0 Å². The van der Waals surface area contributed by atoms with Crippen molar-refractivity contribution in [3.8, 4) is 0 Å². The van der Waals surface area contributed by atoms with Crippen LogP contribution >= 0.6 is 15.9 Å². The van der Waals surface area contributed by atoms with Crippen LogP contribution in [0.1, 0.15) is 18.4 Å². The summed E-state index contributed by atoms with van der Waals surface area (Å²) in [6.45, 7) is 1.08. The van der Waals surface area contributed by atoms with Crippen molar-refractivity contribution >= 4 is 21.6 Å². The Hall–Kier alpha value is -1.08. The monoisotopic (exact) mass is 334 g/mol. The summed E-state index contributed by atoms with van der Waals surface area (Å²) in [5, 5.41) is 10.8. The van der Waals surface area contributed by atoms with E-state index in [0.29, 0.717) is 24.1 Å². The number of halogens is 3. The highest BCUT2D eigenvalue weighted by molar-refractivity contribution is 9.10. The van der Waals surface area contributed by atoms with Crippen molar-refractivity contribution in [2.24, 2.45) is 0 Å². The summed E-state index contributed by atoms with van der Waals surface area (Å²) >= 11 is 3.22. The molecule has 19 heavy (non-hydrogen) atoms. The van der Waals surface area contributed by atoms with Gasteiger partial charge in [0.15, 0.2) is 0 Å². The third-order valence-corrected chi connectivity index (χ3v) is 3.60.